The molecule has 0 bridgehead atoms. The van der Waals surface area contributed by atoms with Crippen LogP contribution in [0.5, 0.6) is 0 Å². The normalized spacial score (nSPS) is 15.8. The van der Waals surface area contributed by atoms with Crippen LogP contribution in [0.1, 0.15) is 28.4 Å². The van der Waals surface area contributed by atoms with Gasteiger partial charge in [-0.2, -0.15) is 4.31 Å². The van der Waals surface area contributed by atoms with E-state index in [1.165, 1.54) is 10.4 Å². The lowest BCUT2D eigenvalue weighted by molar-refractivity contribution is 0.0697. The molecule has 1 N–H and O–H groups in total. The predicted molar refractivity (Wildman–Crippen MR) is 62.1 cm³/mol. The molecule has 6 heteroatoms. The van der Waals surface area contributed by atoms with Gasteiger partial charge in [0, 0.05) is 13.1 Å². The number of benzene rings is 1. The minimum Gasteiger partial charge on any atom is -0.478 e. The van der Waals surface area contributed by atoms with E-state index in [2.05, 4.69) is 0 Å². The van der Waals surface area contributed by atoms with Crippen LogP contribution in [0.3, 0.4) is 0 Å². The molecular formula is C11H13NO4S. The summed E-state index contributed by atoms with van der Waals surface area (Å²) in [5.41, 5.74) is 1.86. The second-order valence-electron chi connectivity index (χ2n) is 3.96. The van der Waals surface area contributed by atoms with Crippen LogP contribution < -0.4 is 0 Å². The molecule has 0 unspecified atom stereocenters. The van der Waals surface area contributed by atoms with Gasteiger partial charge in [0.15, 0.2) is 0 Å². The highest BCUT2D eigenvalue weighted by molar-refractivity contribution is 7.89. The molecule has 0 saturated carbocycles. The molecule has 1 heterocycles. The maximum absolute atomic E-state index is 11.7. The van der Waals surface area contributed by atoms with Gasteiger partial charge in [-0.1, -0.05) is 6.07 Å². The van der Waals surface area contributed by atoms with E-state index < -0.39 is 16.0 Å². The van der Waals surface area contributed by atoms with Crippen molar-refractivity contribution in [2.75, 3.05) is 5.75 Å². The first-order chi connectivity index (χ1) is 7.94. The van der Waals surface area contributed by atoms with Crippen molar-refractivity contribution in [3.63, 3.8) is 0 Å². The number of aromatic carboxylic acids is 1. The van der Waals surface area contributed by atoms with E-state index in [0.29, 0.717) is 6.54 Å². The average molecular weight is 255 g/mol. The Balaban J connectivity index is 2.32. The standard InChI is InChI=1S/C11H13NO4S/c1-2-17(15,16)12-6-9-4-3-8(11(13)14)5-10(9)7-12/h3-5H,2,6-7H2,1H3,(H,13,14). The monoisotopic (exact) mass is 255 g/mol. The summed E-state index contributed by atoms with van der Waals surface area (Å²) >= 11 is 0. The van der Waals surface area contributed by atoms with Gasteiger partial charge in [0.2, 0.25) is 10.0 Å². The molecule has 0 radical (unpaired) electrons. The van der Waals surface area contributed by atoms with Crippen molar-refractivity contribution < 1.29 is 18.3 Å². The third-order valence-corrected chi connectivity index (χ3v) is 4.68. The number of hydrogen-bond donors (Lipinski definition) is 1. The lowest BCUT2D eigenvalue weighted by atomic mass is 10.1. The van der Waals surface area contributed by atoms with Gasteiger partial charge >= 0.3 is 5.97 Å². The first-order valence-electron chi connectivity index (χ1n) is 5.27. The van der Waals surface area contributed by atoms with Crippen LogP contribution in [0.2, 0.25) is 0 Å². The summed E-state index contributed by atoms with van der Waals surface area (Å²) in [5.74, 6) is -0.933. The summed E-state index contributed by atoms with van der Waals surface area (Å²) in [4.78, 5) is 10.8. The molecule has 1 aliphatic rings. The zero-order valence-electron chi connectivity index (χ0n) is 9.38. The molecule has 0 atom stereocenters. The van der Waals surface area contributed by atoms with Crippen molar-refractivity contribution in [3.8, 4) is 0 Å². The SMILES string of the molecule is CCS(=O)(=O)N1Cc2ccc(C(=O)O)cc2C1. The molecule has 0 aliphatic carbocycles. The highest BCUT2D eigenvalue weighted by atomic mass is 32.2. The summed E-state index contributed by atoms with van der Waals surface area (Å²) in [7, 11) is -3.21. The fourth-order valence-corrected chi connectivity index (χ4v) is 2.91. The molecule has 1 aromatic rings. The van der Waals surface area contributed by atoms with Gasteiger partial charge < -0.3 is 5.11 Å². The number of nitrogens with zero attached hydrogens (tertiary/aromatic N) is 1. The lowest BCUT2D eigenvalue weighted by Crippen LogP contribution is -2.26. The van der Waals surface area contributed by atoms with Gasteiger partial charge in [-0.25, -0.2) is 13.2 Å². The molecule has 0 fully saturated rings. The molecule has 5 nitrogen and oxygen atoms in total. The van der Waals surface area contributed by atoms with E-state index in [0.717, 1.165) is 11.1 Å². The Morgan fingerprint density at radius 2 is 2.00 bits per heavy atom. The zero-order valence-corrected chi connectivity index (χ0v) is 10.2. The summed E-state index contributed by atoms with van der Waals surface area (Å²) in [6.07, 6.45) is 0. The molecule has 17 heavy (non-hydrogen) atoms. The second kappa shape index (κ2) is 4.12. The van der Waals surface area contributed by atoms with Crippen LogP contribution in [0.25, 0.3) is 0 Å². The molecular weight excluding hydrogens is 242 g/mol. The van der Waals surface area contributed by atoms with Gasteiger partial charge in [-0.05, 0) is 30.2 Å². The van der Waals surface area contributed by atoms with Crippen LogP contribution >= 0.6 is 0 Å². The number of sulfonamides is 1. The quantitative estimate of drug-likeness (QED) is 0.876. The molecule has 1 aromatic carbocycles. The Morgan fingerprint density at radius 3 is 2.59 bits per heavy atom. The topological polar surface area (TPSA) is 74.7 Å². The Morgan fingerprint density at radius 1 is 1.35 bits per heavy atom. The molecule has 0 amide bonds. The molecule has 0 aromatic heterocycles. The molecule has 0 saturated heterocycles. The minimum absolute atomic E-state index is 0.0623. The van der Waals surface area contributed by atoms with Crippen molar-refractivity contribution in [3.05, 3.63) is 34.9 Å². The fourth-order valence-electron chi connectivity index (χ4n) is 1.88. The third-order valence-electron chi connectivity index (χ3n) is 2.90. The Hall–Kier alpha value is -1.40. The minimum atomic E-state index is -3.21. The van der Waals surface area contributed by atoms with Crippen LogP contribution in [0.15, 0.2) is 18.2 Å². The van der Waals surface area contributed by atoms with E-state index in [1.807, 2.05) is 0 Å². The molecule has 92 valence electrons. The van der Waals surface area contributed by atoms with Gasteiger partial charge in [-0.15, -0.1) is 0 Å². The van der Waals surface area contributed by atoms with Crippen molar-refractivity contribution in [1.82, 2.24) is 4.31 Å². The highest BCUT2D eigenvalue weighted by Crippen LogP contribution is 2.26. The number of carbonyl (C=O) groups is 1. The van der Waals surface area contributed by atoms with Crippen molar-refractivity contribution in [1.29, 1.82) is 0 Å². The van der Waals surface area contributed by atoms with Gasteiger partial charge in [0.05, 0.1) is 11.3 Å². The maximum atomic E-state index is 11.7. The Bertz CT molecular complexity index is 565. The number of fused-ring (bicyclic) bond motifs is 1. The summed E-state index contributed by atoms with van der Waals surface area (Å²) in [6, 6.07) is 4.73. The first kappa shape index (κ1) is 12.1. The van der Waals surface area contributed by atoms with E-state index in [1.54, 1.807) is 19.1 Å². The predicted octanol–water partition coefficient (Wildman–Crippen LogP) is 1.05. The van der Waals surface area contributed by atoms with E-state index in [9.17, 15) is 13.2 Å². The molecule has 0 spiro atoms. The van der Waals surface area contributed by atoms with Crippen LogP contribution in [-0.4, -0.2) is 29.6 Å². The van der Waals surface area contributed by atoms with E-state index in [4.69, 9.17) is 5.11 Å². The summed E-state index contributed by atoms with van der Waals surface area (Å²) in [6.45, 7) is 2.21. The average Bonchev–Trinajstić information content (AvgIpc) is 2.72. The van der Waals surface area contributed by atoms with Gasteiger partial charge in [0.1, 0.15) is 0 Å². The fraction of sp³-hybridized carbons (Fsp3) is 0.364. The smallest absolute Gasteiger partial charge is 0.335 e. The van der Waals surface area contributed by atoms with Crippen LogP contribution in [0, 0.1) is 0 Å². The number of carboxylic acid groups (broad SMARTS) is 1. The summed E-state index contributed by atoms with van der Waals surface area (Å²) < 4.78 is 24.8. The Kier molecular flexibility index (Phi) is 2.92. The van der Waals surface area contributed by atoms with Gasteiger partial charge in [-0.3, -0.25) is 0 Å². The Labute approximate surface area is 99.7 Å². The van der Waals surface area contributed by atoms with E-state index in [-0.39, 0.29) is 17.9 Å². The molecule has 2 rings (SSSR count). The van der Waals surface area contributed by atoms with Crippen molar-refractivity contribution in [2.45, 2.75) is 20.0 Å². The second-order valence-corrected chi connectivity index (χ2v) is 6.21. The number of rotatable bonds is 3. The van der Waals surface area contributed by atoms with Crippen molar-refractivity contribution in [2.24, 2.45) is 0 Å². The van der Waals surface area contributed by atoms with Crippen LogP contribution in [0.4, 0.5) is 0 Å². The first-order valence-corrected chi connectivity index (χ1v) is 6.88. The largest absolute Gasteiger partial charge is 0.478 e. The maximum Gasteiger partial charge on any atom is 0.335 e. The van der Waals surface area contributed by atoms with Crippen molar-refractivity contribution >= 4 is 16.0 Å². The highest BCUT2D eigenvalue weighted by Gasteiger charge is 2.28. The number of hydrogen-bond acceptors (Lipinski definition) is 3. The number of carboxylic acids is 1. The molecule has 1 aliphatic heterocycles. The zero-order chi connectivity index (χ0) is 12.6. The van der Waals surface area contributed by atoms with Crippen LogP contribution in [-0.2, 0) is 23.1 Å². The lowest BCUT2D eigenvalue weighted by Gasteiger charge is -2.13. The van der Waals surface area contributed by atoms with Gasteiger partial charge in [0.25, 0.3) is 0 Å². The summed E-state index contributed by atoms with van der Waals surface area (Å²) in [5, 5.41) is 8.86. The van der Waals surface area contributed by atoms with E-state index >= 15 is 0 Å². The third kappa shape index (κ3) is 2.18.